The van der Waals surface area contributed by atoms with Crippen molar-refractivity contribution in [2.75, 3.05) is 6.54 Å². The summed E-state index contributed by atoms with van der Waals surface area (Å²) in [4.78, 5) is 4.63. The normalized spacial score (nSPS) is 13.9. The molecule has 2 heteroatoms. The molecule has 3 aromatic rings. The number of fused-ring (bicyclic) bond motifs is 2. The van der Waals surface area contributed by atoms with Gasteiger partial charge in [0.25, 0.3) is 0 Å². The molecule has 0 saturated carbocycles. The lowest BCUT2D eigenvalue weighted by Gasteiger charge is -2.18. The van der Waals surface area contributed by atoms with Crippen LogP contribution in [0.1, 0.15) is 16.7 Å². The van der Waals surface area contributed by atoms with Gasteiger partial charge in [-0.25, -0.2) is 4.39 Å². The van der Waals surface area contributed by atoms with Crippen LogP contribution in [0.15, 0.2) is 65.7 Å². The minimum absolute atomic E-state index is 0.204. The van der Waals surface area contributed by atoms with Crippen molar-refractivity contribution in [1.82, 2.24) is 0 Å². The summed E-state index contributed by atoms with van der Waals surface area (Å²) in [5.74, 6) is -0.204. The van der Waals surface area contributed by atoms with Gasteiger partial charge in [0.1, 0.15) is 5.82 Å². The van der Waals surface area contributed by atoms with Crippen molar-refractivity contribution >= 4 is 16.5 Å². The van der Waals surface area contributed by atoms with Crippen molar-refractivity contribution in [2.45, 2.75) is 6.42 Å². The van der Waals surface area contributed by atoms with Gasteiger partial charge in [-0.3, -0.25) is 4.99 Å². The van der Waals surface area contributed by atoms with E-state index in [1.807, 2.05) is 48.5 Å². The Hall–Kier alpha value is -2.48. The zero-order valence-corrected chi connectivity index (χ0v) is 11.5. The van der Waals surface area contributed by atoms with E-state index < -0.39 is 0 Å². The molecule has 0 aliphatic carbocycles. The second kappa shape index (κ2) is 4.81. The van der Waals surface area contributed by atoms with Gasteiger partial charge in [0.2, 0.25) is 0 Å². The molecule has 4 rings (SSSR count). The van der Waals surface area contributed by atoms with E-state index in [1.54, 1.807) is 0 Å². The molecule has 21 heavy (non-hydrogen) atoms. The minimum atomic E-state index is -0.204. The molecule has 1 aliphatic heterocycles. The van der Waals surface area contributed by atoms with E-state index in [4.69, 9.17) is 0 Å². The van der Waals surface area contributed by atoms with Crippen LogP contribution in [0.3, 0.4) is 0 Å². The van der Waals surface area contributed by atoms with Crippen LogP contribution in [-0.2, 0) is 6.42 Å². The molecule has 0 fully saturated rings. The van der Waals surface area contributed by atoms with E-state index >= 15 is 0 Å². The van der Waals surface area contributed by atoms with E-state index in [1.165, 1.54) is 11.6 Å². The zero-order chi connectivity index (χ0) is 14.2. The Kier molecular flexibility index (Phi) is 2.81. The molecule has 3 aromatic carbocycles. The summed E-state index contributed by atoms with van der Waals surface area (Å²) < 4.78 is 14.5. The highest BCUT2D eigenvalue weighted by Crippen LogP contribution is 2.28. The third-order valence-corrected chi connectivity index (χ3v) is 4.04. The van der Waals surface area contributed by atoms with Crippen molar-refractivity contribution in [3.8, 4) is 0 Å². The lowest BCUT2D eigenvalue weighted by Crippen LogP contribution is -2.15. The highest BCUT2D eigenvalue weighted by molar-refractivity contribution is 6.20. The average molecular weight is 275 g/mol. The van der Waals surface area contributed by atoms with E-state index in [2.05, 4.69) is 11.1 Å². The van der Waals surface area contributed by atoms with Gasteiger partial charge in [0, 0.05) is 17.7 Å². The second-order valence-corrected chi connectivity index (χ2v) is 5.28. The number of rotatable bonds is 1. The highest BCUT2D eigenvalue weighted by Gasteiger charge is 2.20. The Bertz CT molecular complexity index is 864. The largest absolute Gasteiger partial charge is 0.284 e. The third-order valence-electron chi connectivity index (χ3n) is 4.04. The summed E-state index contributed by atoms with van der Waals surface area (Å²) in [6.45, 7) is 0.717. The minimum Gasteiger partial charge on any atom is -0.284 e. The first-order valence-corrected chi connectivity index (χ1v) is 7.15. The molecule has 0 aromatic heterocycles. The lowest BCUT2D eigenvalue weighted by molar-refractivity contribution is 0.627. The van der Waals surface area contributed by atoms with E-state index in [9.17, 15) is 4.39 Å². The van der Waals surface area contributed by atoms with Gasteiger partial charge in [-0.15, -0.1) is 0 Å². The summed E-state index contributed by atoms with van der Waals surface area (Å²) in [7, 11) is 0. The van der Waals surface area contributed by atoms with Crippen LogP contribution in [0.5, 0.6) is 0 Å². The molecule has 0 spiro atoms. The summed E-state index contributed by atoms with van der Waals surface area (Å²) >= 11 is 0. The first-order chi connectivity index (χ1) is 10.3. The van der Waals surface area contributed by atoms with Crippen LogP contribution in [0.4, 0.5) is 4.39 Å². The van der Waals surface area contributed by atoms with Gasteiger partial charge in [-0.2, -0.15) is 0 Å². The lowest BCUT2D eigenvalue weighted by atomic mass is 9.90. The Labute approximate surface area is 122 Å². The van der Waals surface area contributed by atoms with Crippen LogP contribution >= 0.6 is 0 Å². The molecule has 0 radical (unpaired) electrons. The van der Waals surface area contributed by atoms with Crippen LogP contribution in [0, 0.1) is 5.82 Å². The van der Waals surface area contributed by atoms with Crippen molar-refractivity contribution in [2.24, 2.45) is 4.99 Å². The van der Waals surface area contributed by atoms with Gasteiger partial charge >= 0.3 is 0 Å². The Balaban J connectivity index is 2.03. The van der Waals surface area contributed by atoms with Crippen molar-refractivity contribution in [1.29, 1.82) is 0 Å². The fraction of sp³-hybridized carbons (Fsp3) is 0.105. The molecule has 1 aliphatic rings. The van der Waals surface area contributed by atoms with Crippen LogP contribution < -0.4 is 0 Å². The Morgan fingerprint density at radius 3 is 2.62 bits per heavy atom. The summed E-state index contributed by atoms with van der Waals surface area (Å²) in [6.07, 6.45) is 0.923. The van der Waals surface area contributed by atoms with Gasteiger partial charge in [-0.1, -0.05) is 54.6 Å². The molecular formula is C19H14FN. The maximum absolute atomic E-state index is 14.5. The van der Waals surface area contributed by atoms with Crippen LogP contribution in [0.25, 0.3) is 10.8 Å². The fourth-order valence-electron chi connectivity index (χ4n) is 3.04. The zero-order valence-electron chi connectivity index (χ0n) is 11.5. The summed E-state index contributed by atoms with van der Waals surface area (Å²) in [6, 6.07) is 19.4. The average Bonchev–Trinajstić information content (AvgIpc) is 2.54. The smallest absolute Gasteiger partial charge is 0.133 e. The number of halogens is 1. The van der Waals surface area contributed by atoms with Gasteiger partial charge in [0.15, 0.2) is 0 Å². The first-order valence-electron chi connectivity index (χ1n) is 7.15. The Morgan fingerprint density at radius 2 is 1.67 bits per heavy atom. The number of nitrogens with zero attached hydrogens (tertiary/aromatic N) is 1. The second-order valence-electron chi connectivity index (χ2n) is 5.28. The highest BCUT2D eigenvalue weighted by atomic mass is 19.1. The fourth-order valence-corrected chi connectivity index (χ4v) is 3.04. The molecule has 0 bridgehead atoms. The van der Waals surface area contributed by atoms with Crippen molar-refractivity contribution in [3.05, 3.63) is 83.2 Å². The van der Waals surface area contributed by atoms with E-state index in [-0.39, 0.29) is 5.82 Å². The molecule has 0 amide bonds. The van der Waals surface area contributed by atoms with Crippen LogP contribution in [-0.4, -0.2) is 12.3 Å². The first kappa shape index (κ1) is 12.3. The predicted octanol–water partition coefficient (Wildman–Crippen LogP) is 4.37. The SMILES string of the molecule is Fc1ccc2ccccc2c1C1=NCCc2ccccc21. The summed E-state index contributed by atoms with van der Waals surface area (Å²) in [5.41, 5.74) is 3.71. The van der Waals surface area contributed by atoms with Gasteiger partial charge < -0.3 is 0 Å². The molecule has 0 atom stereocenters. The summed E-state index contributed by atoms with van der Waals surface area (Å²) in [5, 5.41) is 1.97. The Morgan fingerprint density at radius 1 is 0.857 bits per heavy atom. The molecule has 1 nitrogen and oxygen atoms in total. The monoisotopic (exact) mass is 275 g/mol. The van der Waals surface area contributed by atoms with Crippen LogP contribution in [0.2, 0.25) is 0 Å². The maximum atomic E-state index is 14.5. The number of benzene rings is 3. The molecule has 0 unspecified atom stereocenters. The number of hydrogen-bond acceptors (Lipinski definition) is 1. The van der Waals surface area contributed by atoms with Crippen molar-refractivity contribution < 1.29 is 4.39 Å². The third kappa shape index (κ3) is 1.95. The molecule has 1 heterocycles. The topological polar surface area (TPSA) is 12.4 Å². The van der Waals surface area contributed by atoms with Crippen molar-refractivity contribution in [3.63, 3.8) is 0 Å². The molecule has 0 saturated heterocycles. The molecule has 0 N–H and O–H groups in total. The van der Waals surface area contributed by atoms with E-state index in [0.29, 0.717) is 5.56 Å². The number of aliphatic imine (C=N–C) groups is 1. The standard InChI is InChI=1S/C19H14FN/c20-17-10-9-13-5-1-3-7-15(13)18(17)19-16-8-4-2-6-14(16)11-12-21-19/h1-10H,11-12H2. The van der Waals surface area contributed by atoms with E-state index in [0.717, 1.165) is 35.0 Å². The molecular weight excluding hydrogens is 261 g/mol. The predicted molar refractivity (Wildman–Crippen MR) is 84.6 cm³/mol. The number of hydrogen-bond donors (Lipinski definition) is 0. The van der Waals surface area contributed by atoms with Gasteiger partial charge in [0.05, 0.1) is 5.71 Å². The van der Waals surface area contributed by atoms with Gasteiger partial charge in [-0.05, 0) is 28.8 Å². The quantitative estimate of drug-likeness (QED) is 0.625. The molecule has 102 valence electrons. The maximum Gasteiger partial charge on any atom is 0.133 e.